The first kappa shape index (κ1) is 21.2. The third kappa shape index (κ3) is 5.20. The number of carbonyl (C=O) groups excluding carboxylic acids is 1. The van der Waals surface area contributed by atoms with Gasteiger partial charge in [0, 0.05) is 22.3 Å². The summed E-state index contributed by atoms with van der Waals surface area (Å²) in [6.45, 7) is 11.5. The number of ether oxygens (including phenoxy) is 1. The van der Waals surface area contributed by atoms with E-state index < -0.39 is 23.4 Å². The molecule has 2 atom stereocenters. The molecule has 1 aromatic carbocycles. The van der Waals surface area contributed by atoms with Crippen LogP contribution in [-0.4, -0.2) is 17.3 Å². The minimum Gasteiger partial charge on any atom is -0.457 e. The second kappa shape index (κ2) is 8.27. The Kier molecular flexibility index (Phi) is 6.49. The summed E-state index contributed by atoms with van der Waals surface area (Å²) in [7, 11) is 0. The fourth-order valence-corrected chi connectivity index (χ4v) is 3.43. The molecule has 1 aliphatic rings. The number of rotatable bonds is 4. The zero-order valence-corrected chi connectivity index (χ0v) is 17.6. The summed E-state index contributed by atoms with van der Waals surface area (Å²) in [5, 5.41) is 10.6. The maximum Gasteiger partial charge on any atom is 0.337 e. The normalized spacial score (nSPS) is 20.3. The van der Waals surface area contributed by atoms with Gasteiger partial charge in [-0.15, -0.1) is 0 Å². The van der Waals surface area contributed by atoms with Crippen LogP contribution in [0.25, 0.3) is 0 Å². The summed E-state index contributed by atoms with van der Waals surface area (Å²) in [6, 6.07) is 9.68. The zero-order chi connectivity index (χ0) is 20.4. The van der Waals surface area contributed by atoms with Crippen molar-refractivity contribution in [3.8, 4) is 6.07 Å². The molecule has 1 aromatic rings. The lowest BCUT2D eigenvalue weighted by Gasteiger charge is -2.32. The van der Waals surface area contributed by atoms with Crippen LogP contribution in [0.15, 0.2) is 40.5 Å². The number of allylic oxidation sites excluding steroid dienone is 1. The second-order valence-corrected chi connectivity index (χ2v) is 8.77. The van der Waals surface area contributed by atoms with Gasteiger partial charge in [-0.05, 0) is 57.7 Å². The number of nitriles is 1. The van der Waals surface area contributed by atoms with Gasteiger partial charge in [-0.25, -0.2) is 4.79 Å². The Labute approximate surface area is 166 Å². The quantitative estimate of drug-likeness (QED) is 0.625. The van der Waals surface area contributed by atoms with E-state index in [1.54, 1.807) is 12.1 Å². The molecule has 0 N–H and O–H groups in total. The number of hydrogen-bond donors (Lipinski definition) is 0. The molecule has 0 spiro atoms. The van der Waals surface area contributed by atoms with Gasteiger partial charge in [-0.1, -0.05) is 37.6 Å². The molecule has 1 aliphatic heterocycles. The summed E-state index contributed by atoms with van der Waals surface area (Å²) in [5.74, 6) is -0.998. The van der Waals surface area contributed by atoms with Gasteiger partial charge in [0.15, 0.2) is 0 Å². The predicted octanol–water partition coefficient (Wildman–Crippen LogP) is 5.68. The van der Waals surface area contributed by atoms with Crippen LogP contribution < -0.4 is 0 Å². The Balaban J connectivity index is 2.61. The average Bonchev–Trinajstić information content (AvgIpc) is 2.52. The Morgan fingerprint density at radius 3 is 2.37 bits per heavy atom. The third-order valence-corrected chi connectivity index (χ3v) is 4.56. The fourth-order valence-electron chi connectivity index (χ4n) is 3.31. The average molecular weight is 387 g/mol. The van der Waals surface area contributed by atoms with Gasteiger partial charge >= 0.3 is 5.97 Å². The molecule has 0 radical (unpaired) electrons. The molecule has 1 heterocycles. The van der Waals surface area contributed by atoms with Crippen molar-refractivity contribution < 1.29 is 9.53 Å². The lowest BCUT2D eigenvalue weighted by Crippen LogP contribution is -2.34. The molecule has 0 aliphatic carbocycles. The van der Waals surface area contributed by atoms with Crippen LogP contribution in [0.1, 0.15) is 59.4 Å². The summed E-state index contributed by atoms with van der Waals surface area (Å²) in [5.41, 5.74) is 2.12. The van der Waals surface area contributed by atoms with Crippen LogP contribution in [0.4, 0.5) is 0 Å². The predicted molar refractivity (Wildman–Crippen MR) is 109 cm³/mol. The molecule has 0 saturated carbocycles. The van der Waals surface area contributed by atoms with Gasteiger partial charge in [0.2, 0.25) is 0 Å². The highest BCUT2D eigenvalue weighted by Gasteiger charge is 2.40. The van der Waals surface area contributed by atoms with E-state index in [0.717, 1.165) is 11.3 Å². The smallest absolute Gasteiger partial charge is 0.337 e. The van der Waals surface area contributed by atoms with Crippen LogP contribution in [0.5, 0.6) is 0 Å². The van der Waals surface area contributed by atoms with Crippen molar-refractivity contribution in [3.63, 3.8) is 0 Å². The molecule has 4 nitrogen and oxygen atoms in total. The van der Waals surface area contributed by atoms with Crippen molar-refractivity contribution in [1.82, 2.24) is 0 Å². The van der Waals surface area contributed by atoms with Crippen molar-refractivity contribution in [2.75, 3.05) is 0 Å². The van der Waals surface area contributed by atoms with E-state index >= 15 is 0 Å². The van der Waals surface area contributed by atoms with E-state index in [1.165, 1.54) is 0 Å². The highest BCUT2D eigenvalue weighted by Crippen LogP contribution is 2.41. The van der Waals surface area contributed by atoms with Gasteiger partial charge < -0.3 is 4.74 Å². The van der Waals surface area contributed by atoms with Gasteiger partial charge in [0.1, 0.15) is 5.60 Å². The number of benzene rings is 1. The standard InChI is InChI=1S/C22H27ClN2O2/c1-13(2)11-18-17(12-24)20(15-7-9-16(23)10-8-15)19(14(3)25-18)21(26)27-22(4,5)6/h7-10,13,17,20H,11H2,1-6H3. The van der Waals surface area contributed by atoms with Crippen molar-refractivity contribution >= 4 is 23.3 Å². The Hall–Kier alpha value is -2.12. The molecule has 0 aromatic heterocycles. The molecular weight excluding hydrogens is 360 g/mol. The maximum absolute atomic E-state index is 13.0. The summed E-state index contributed by atoms with van der Waals surface area (Å²) in [4.78, 5) is 17.6. The Bertz CT molecular complexity index is 808. The number of carbonyl (C=O) groups is 1. The van der Waals surface area contributed by atoms with Gasteiger partial charge in [-0.2, -0.15) is 5.26 Å². The maximum atomic E-state index is 13.0. The molecule has 2 rings (SSSR count). The molecule has 0 fully saturated rings. The van der Waals surface area contributed by atoms with E-state index in [0.29, 0.717) is 28.6 Å². The van der Waals surface area contributed by atoms with E-state index in [2.05, 4.69) is 24.9 Å². The minimum atomic E-state index is -0.626. The van der Waals surface area contributed by atoms with Gasteiger partial charge in [-0.3, -0.25) is 4.99 Å². The first-order valence-corrected chi connectivity index (χ1v) is 9.58. The van der Waals surface area contributed by atoms with E-state index in [-0.39, 0.29) is 0 Å². The van der Waals surface area contributed by atoms with Crippen molar-refractivity contribution in [3.05, 3.63) is 46.1 Å². The fraction of sp³-hybridized carbons (Fsp3) is 0.500. The minimum absolute atomic E-state index is 0.362. The van der Waals surface area contributed by atoms with Crippen LogP contribution in [0.3, 0.4) is 0 Å². The highest BCUT2D eigenvalue weighted by atomic mass is 35.5. The number of aliphatic imine (C=N–C) groups is 1. The molecule has 27 heavy (non-hydrogen) atoms. The van der Waals surface area contributed by atoms with Crippen molar-refractivity contribution in [2.24, 2.45) is 16.8 Å². The summed E-state index contributed by atoms with van der Waals surface area (Å²) >= 11 is 6.04. The summed E-state index contributed by atoms with van der Waals surface area (Å²) in [6.07, 6.45) is 0.710. The van der Waals surface area contributed by atoms with E-state index in [9.17, 15) is 10.1 Å². The first-order valence-electron chi connectivity index (χ1n) is 9.20. The Morgan fingerprint density at radius 1 is 1.30 bits per heavy atom. The van der Waals surface area contributed by atoms with Crippen molar-refractivity contribution in [1.29, 1.82) is 5.26 Å². The zero-order valence-electron chi connectivity index (χ0n) is 16.8. The van der Waals surface area contributed by atoms with Crippen LogP contribution >= 0.6 is 11.6 Å². The number of nitrogens with zero attached hydrogens (tertiary/aromatic N) is 2. The largest absolute Gasteiger partial charge is 0.457 e. The summed E-state index contributed by atoms with van der Waals surface area (Å²) < 4.78 is 5.63. The number of esters is 1. The van der Waals surface area contributed by atoms with Crippen LogP contribution in [-0.2, 0) is 9.53 Å². The van der Waals surface area contributed by atoms with E-state index in [4.69, 9.17) is 16.3 Å². The highest BCUT2D eigenvalue weighted by molar-refractivity contribution is 6.30. The van der Waals surface area contributed by atoms with Gasteiger partial charge in [0.05, 0.1) is 17.6 Å². The second-order valence-electron chi connectivity index (χ2n) is 8.34. The Morgan fingerprint density at radius 2 is 1.89 bits per heavy atom. The lowest BCUT2D eigenvalue weighted by atomic mass is 9.74. The van der Waals surface area contributed by atoms with Gasteiger partial charge in [0.25, 0.3) is 0 Å². The number of halogens is 1. The molecule has 5 heteroatoms. The molecule has 2 unspecified atom stereocenters. The van der Waals surface area contributed by atoms with E-state index in [1.807, 2.05) is 39.8 Å². The molecule has 0 saturated heterocycles. The SMILES string of the molecule is CC1=C(C(=O)OC(C)(C)C)C(c2ccc(Cl)cc2)C(C#N)C(CC(C)C)=N1. The third-order valence-electron chi connectivity index (χ3n) is 4.31. The number of hydrogen-bond acceptors (Lipinski definition) is 4. The lowest BCUT2D eigenvalue weighted by molar-refractivity contribution is -0.150. The topological polar surface area (TPSA) is 62.5 Å². The molecular formula is C22H27ClN2O2. The van der Waals surface area contributed by atoms with Crippen LogP contribution in [0, 0.1) is 23.2 Å². The first-order chi connectivity index (χ1) is 12.5. The van der Waals surface area contributed by atoms with Crippen molar-refractivity contribution in [2.45, 2.75) is 59.5 Å². The molecule has 144 valence electrons. The molecule has 0 amide bonds. The van der Waals surface area contributed by atoms with Crippen LogP contribution in [0.2, 0.25) is 5.02 Å². The monoisotopic (exact) mass is 386 g/mol. The molecule has 0 bridgehead atoms.